The van der Waals surface area contributed by atoms with Gasteiger partial charge in [-0.05, 0) is 18.2 Å². The van der Waals surface area contributed by atoms with E-state index in [1.807, 2.05) is 4.90 Å². The molecule has 1 aromatic carbocycles. The normalized spacial score (nSPS) is 18.8. The van der Waals surface area contributed by atoms with E-state index in [1.165, 1.54) is 6.07 Å². The number of benzene rings is 1. The first-order chi connectivity index (χ1) is 7.68. The summed E-state index contributed by atoms with van der Waals surface area (Å²) in [6, 6.07) is 4.37. The number of hydrogen-bond acceptors (Lipinski definition) is 3. The highest BCUT2D eigenvalue weighted by Gasteiger charge is 2.14. The Morgan fingerprint density at radius 3 is 2.86 bits per heavy atom. The lowest BCUT2D eigenvalue weighted by molar-refractivity contribution is 0.122. The standard InChI is InChI=1S/C10H13FN2O/c11-9-7-8(12)1-2-10(9)13-3-5-14-6-4-13/h1-2,7H,3-6,12H2/i/hD2. The van der Waals surface area contributed by atoms with E-state index >= 15 is 0 Å². The zero-order chi connectivity index (χ0) is 11.5. The van der Waals surface area contributed by atoms with Gasteiger partial charge in [0.1, 0.15) is 5.82 Å². The summed E-state index contributed by atoms with van der Waals surface area (Å²) in [7, 11) is 0. The molecule has 4 heteroatoms. The van der Waals surface area contributed by atoms with Crippen LogP contribution in [0.5, 0.6) is 0 Å². The van der Waals surface area contributed by atoms with Crippen molar-refractivity contribution < 1.29 is 12.0 Å². The minimum absolute atomic E-state index is 0.217. The lowest BCUT2D eigenvalue weighted by Crippen LogP contribution is -2.36. The fourth-order valence-electron chi connectivity index (χ4n) is 1.56. The van der Waals surface area contributed by atoms with E-state index in [9.17, 15) is 4.39 Å². The number of nitrogen functional groups attached to an aromatic ring is 1. The third-order valence-electron chi connectivity index (χ3n) is 2.28. The third-order valence-corrected chi connectivity index (χ3v) is 2.28. The van der Waals surface area contributed by atoms with Gasteiger partial charge in [0.15, 0.2) is 2.82 Å². The molecule has 0 aliphatic carbocycles. The molecule has 3 nitrogen and oxygen atoms in total. The molecule has 14 heavy (non-hydrogen) atoms. The highest BCUT2D eigenvalue weighted by Crippen LogP contribution is 2.22. The van der Waals surface area contributed by atoms with Gasteiger partial charge < -0.3 is 15.4 Å². The van der Waals surface area contributed by atoms with Crippen molar-refractivity contribution in [3.8, 4) is 0 Å². The molecule has 0 amide bonds. The summed E-state index contributed by atoms with van der Waals surface area (Å²) in [6.45, 7) is 2.54. The lowest BCUT2D eigenvalue weighted by Gasteiger charge is -2.29. The van der Waals surface area contributed by atoms with Crippen molar-refractivity contribution in [1.82, 2.24) is 0 Å². The molecule has 0 spiro atoms. The molecule has 0 unspecified atom stereocenters. The van der Waals surface area contributed by atoms with Crippen LogP contribution in [0.3, 0.4) is 0 Å². The number of anilines is 2. The number of nitrogens with two attached hydrogens (primary N) is 1. The molecule has 1 fully saturated rings. The van der Waals surface area contributed by atoms with Crippen LogP contribution < -0.4 is 10.6 Å². The highest BCUT2D eigenvalue weighted by atomic mass is 19.1. The van der Waals surface area contributed by atoms with Gasteiger partial charge in [-0.1, -0.05) is 0 Å². The first kappa shape index (κ1) is 7.06. The first-order valence-corrected chi connectivity index (χ1v) is 4.58. The molecule has 0 saturated carbocycles. The van der Waals surface area contributed by atoms with Gasteiger partial charge in [0.25, 0.3) is 0 Å². The van der Waals surface area contributed by atoms with Crippen molar-refractivity contribution in [3.63, 3.8) is 0 Å². The van der Waals surface area contributed by atoms with Crippen molar-refractivity contribution in [2.24, 2.45) is 0 Å². The first-order valence-electron chi connectivity index (χ1n) is 5.48. The Hall–Kier alpha value is -1.29. The van der Waals surface area contributed by atoms with E-state index in [4.69, 9.17) is 7.56 Å². The Labute approximate surface area is 85.2 Å². The smallest absolute Gasteiger partial charge is 0.156 e. The summed E-state index contributed by atoms with van der Waals surface area (Å²) in [5.41, 5.74) is 1.12. The second kappa shape index (κ2) is 3.84. The summed E-state index contributed by atoms with van der Waals surface area (Å²) < 4.78 is 33.0. The minimum Gasteiger partial charge on any atom is -0.399 e. The molecule has 0 radical (unpaired) electrons. The summed E-state index contributed by atoms with van der Waals surface area (Å²) in [5.74, 6) is -0.399. The fraction of sp³-hybridized carbons (Fsp3) is 0.400. The maximum absolute atomic E-state index is 13.7. The fourth-order valence-corrected chi connectivity index (χ4v) is 1.56. The molecular formula is C10H13FN2O. The number of halogens is 1. The Balaban J connectivity index is 2.21. The van der Waals surface area contributed by atoms with Gasteiger partial charge in [-0.3, -0.25) is 0 Å². The van der Waals surface area contributed by atoms with E-state index in [1.54, 1.807) is 12.1 Å². The monoisotopic (exact) mass is 198 g/mol. The molecule has 1 saturated heterocycles. The number of ether oxygens (including phenoxy) is 1. The summed E-state index contributed by atoms with van der Waals surface area (Å²) in [4.78, 5) is 1.90. The predicted octanol–water partition coefficient (Wildman–Crippen LogP) is 1.24. The van der Waals surface area contributed by atoms with Crippen LogP contribution >= 0.6 is 0 Å². The summed E-state index contributed by atoms with van der Waals surface area (Å²) >= 11 is 0. The van der Waals surface area contributed by atoms with E-state index in [-0.39, 0.29) is 5.69 Å². The average molecular weight is 198 g/mol. The molecule has 1 aromatic rings. The molecule has 0 aromatic heterocycles. The van der Waals surface area contributed by atoms with Crippen LogP contribution in [0.1, 0.15) is 0 Å². The van der Waals surface area contributed by atoms with Crippen LogP contribution in [0.15, 0.2) is 18.2 Å². The topological polar surface area (TPSA) is 38.5 Å². The molecular weight excluding hydrogens is 183 g/mol. The number of nitrogens with zero attached hydrogens (tertiary/aromatic N) is 1. The average Bonchev–Trinajstić information content (AvgIpc) is 2.30. The third kappa shape index (κ3) is 1.80. The van der Waals surface area contributed by atoms with Crippen molar-refractivity contribution in [1.29, 1.82) is 0 Å². The van der Waals surface area contributed by atoms with E-state index in [0.717, 1.165) is 0 Å². The van der Waals surface area contributed by atoms with Gasteiger partial charge in [0.2, 0.25) is 0 Å². The Bertz CT molecular complexity index is 370. The molecule has 76 valence electrons. The Morgan fingerprint density at radius 2 is 2.21 bits per heavy atom. The number of hydrogen-bond donors (Lipinski definition) is 1. The summed E-state index contributed by atoms with van der Waals surface area (Å²) in [5, 5.41) is 0. The zero-order valence-electron chi connectivity index (χ0n) is 9.74. The number of morpholine rings is 1. The molecule has 1 heterocycles. The molecule has 0 atom stereocenters. The molecule has 2 N–H and O–H groups in total. The van der Waals surface area contributed by atoms with Gasteiger partial charge in [-0.2, -0.15) is 0 Å². The van der Waals surface area contributed by atoms with Crippen molar-refractivity contribution >= 4 is 11.4 Å². The van der Waals surface area contributed by atoms with Crippen molar-refractivity contribution in [2.75, 3.05) is 36.9 Å². The molecule has 2 rings (SSSR count). The maximum Gasteiger partial charge on any atom is 0.156 e. The van der Waals surface area contributed by atoms with Gasteiger partial charge in [-0.25, -0.2) is 4.39 Å². The molecule has 0 bridgehead atoms. The summed E-state index contributed by atoms with van der Waals surface area (Å²) in [6.07, 6.45) is 0. The van der Waals surface area contributed by atoms with Gasteiger partial charge in [0.05, 0.1) is 18.9 Å². The highest BCUT2D eigenvalue weighted by molar-refractivity contribution is 5.54. The van der Waals surface area contributed by atoms with E-state index < -0.39 is 5.82 Å². The van der Waals surface area contributed by atoms with Crippen molar-refractivity contribution in [3.05, 3.63) is 24.0 Å². The Morgan fingerprint density at radius 1 is 1.43 bits per heavy atom. The van der Waals surface area contributed by atoms with Crippen LogP contribution in [0, 0.1) is 5.82 Å². The Kier molecular flexibility index (Phi) is 1.94. The zero-order valence-corrected chi connectivity index (χ0v) is 7.74. The number of rotatable bonds is 2. The van der Waals surface area contributed by atoms with Gasteiger partial charge >= 0.3 is 0 Å². The van der Waals surface area contributed by atoms with Gasteiger partial charge in [-0.15, -0.1) is 0 Å². The SMILES string of the molecule is [2H]N([2H])c1ccc(N2CCOCC2)c(F)c1. The second-order valence-electron chi connectivity index (χ2n) is 3.24. The van der Waals surface area contributed by atoms with Crippen LogP contribution in [0.4, 0.5) is 15.8 Å². The second-order valence-corrected chi connectivity index (χ2v) is 3.24. The minimum atomic E-state index is -0.399. The van der Waals surface area contributed by atoms with Gasteiger partial charge in [0, 0.05) is 18.8 Å². The maximum atomic E-state index is 13.7. The van der Waals surface area contributed by atoms with Crippen LogP contribution in [-0.4, -0.2) is 26.3 Å². The molecule has 1 aliphatic heterocycles. The lowest BCUT2D eigenvalue weighted by atomic mass is 10.2. The van der Waals surface area contributed by atoms with Crippen molar-refractivity contribution in [2.45, 2.75) is 0 Å². The molecule has 1 aliphatic rings. The van der Waals surface area contributed by atoms with Crippen LogP contribution in [-0.2, 0) is 4.74 Å². The predicted molar refractivity (Wildman–Crippen MR) is 53.8 cm³/mol. The van der Waals surface area contributed by atoms with Crippen LogP contribution in [0.2, 0.25) is 2.82 Å². The van der Waals surface area contributed by atoms with Crippen LogP contribution in [0.25, 0.3) is 0 Å². The van der Waals surface area contributed by atoms with E-state index in [0.29, 0.717) is 37.7 Å². The quantitative estimate of drug-likeness (QED) is 0.727. The largest absolute Gasteiger partial charge is 0.399 e. The van der Waals surface area contributed by atoms with E-state index in [2.05, 4.69) is 0 Å².